The predicted octanol–water partition coefficient (Wildman–Crippen LogP) is 7.41. The number of aromatic hydroxyl groups is 1. The van der Waals surface area contributed by atoms with Gasteiger partial charge in [0, 0.05) is 99.9 Å². The van der Waals surface area contributed by atoms with E-state index in [4.69, 9.17) is 19.7 Å². The van der Waals surface area contributed by atoms with Crippen molar-refractivity contribution in [2.24, 2.45) is 17.8 Å². The topological polar surface area (TPSA) is 151 Å². The summed E-state index contributed by atoms with van der Waals surface area (Å²) in [7, 11) is 1.52. The lowest BCUT2D eigenvalue weighted by Crippen LogP contribution is -2.53. The lowest BCUT2D eigenvalue weighted by molar-refractivity contribution is -0.150. The molecule has 0 radical (unpaired) electrons. The summed E-state index contributed by atoms with van der Waals surface area (Å²) >= 11 is 0. The zero-order chi connectivity index (χ0) is 50.6. The van der Waals surface area contributed by atoms with Crippen LogP contribution in [0.25, 0.3) is 32.9 Å². The number of hydrogen-bond acceptors (Lipinski definition) is 13. The minimum absolute atomic E-state index is 0.0609. The number of halogens is 1. The lowest BCUT2D eigenvalue weighted by Gasteiger charge is -2.40. The molecule has 2 N–H and O–H groups in total. The Hall–Kier alpha value is -5.97. The molecule has 3 amide bonds. The first-order valence-electron chi connectivity index (χ1n) is 27.7. The maximum atomic E-state index is 17.1. The Morgan fingerprint density at radius 1 is 0.797 bits per heavy atom. The number of aromatic nitrogens is 3. The molecule has 0 aliphatic carbocycles. The number of piperidine rings is 4. The molecule has 2 aromatic heterocycles. The number of amides is 3. The van der Waals surface area contributed by atoms with Crippen LogP contribution < -0.4 is 19.9 Å². The third-order valence-electron chi connectivity index (χ3n) is 18.0. The summed E-state index contributed by atoms with van der Waals surface area (Å²) < 4.78 is 23.5. The van der Waals surface area contributed by atoms with E-state index in [9.17, 15) is 19.5 Å². The number of rotatable bonds is 13. The van der Waals surface area contributed by atoms with Crippen molar-refractivity contribution in [3.63, 3.8) is 0 Å². The van der Waals surface area contributed by atoms with Crippen LogP contribution in [-0.4, -0.2) is 155 Å². The quantitative estimate of drug-likeness (QED) is 0.113. The van der Waals surface area contributed by atoms with Gasteiger partial charge in [0.15, 0.2) is 5.82 Å². The van der Waals surface area contributed by atoms with Gasteiger partial charge in [-0.1, -0.05) is 31.2 Å². The Balaban J connectivity index is 0.617. The number of phenols is 1. The highest BCUT2D eigenvalue weighted by Crippen LogP contribution is 2.41. The van der Waals surface area contributed by atoms with E-state index in [0.29, 0.717) is 59.9 Å². The first-order chi connectivity index (χ1) is 36.0. The van der Waals surface area contributed by atoms with Crippen LogP contribution in [0.3, 0.4) is 0 Å². The number of pyridine rings is 1. The molecule has 0 saturated carbocycles. The molecule has 6 saturated heterocycles. The second kappa shape index (κ2) is 20.6. The Kier molecular flexibility index (Phi) is 13.6. The van der Waals surface area contributed by atoms with Crippen molar-refractivity contribution in [2.75, 3.05) is 88.9 Å². The van der Waals surface area contributed by atoms with Gasteiger partial charge in [-0.25, -0.2) is 4.39 Å². The first kappa shape index (κ1) is 48.9. The molecule has 7 aliphatic rings. The van der Waals surface area contributed by atoms with Gasteiger partial charge in [-0.3, -0.25) is 29.2 Å². The van der Waals surface area contributed by atoms with Crippen molar-refractivity contribution in [1.82, 2.24) is 39.9 Å². The average Bonchev–Trinajstić information content (AvgIpc) is 3.95. The van der Waals surface area contributed by atoms with Crippen molar-refractivity contribution < 1.29 is 28.6 Å². The second-order valence-corrected chi connectivity index (χ2v) is 22.5. The number of aryl methyl sites for hydroxylation is 1. The highest BCUT2D eigenvalue weighted by atomic mass is 19.1. The third kappa shape index (κ3) is 9.55. The van der Waals surface area contributed by atoms with E-state index < -0.39 is 11.9 Å². The third-order valence-corrected chi connectivity index (χ3v) is 18.0. The Bertz CT molecular complexity index is 2940. The molecule has 3 aromatic carbocycles. The Morgan fingerprint density at radius 2 is 1.51 bits per heavy atom. The number of carbonyl (C=O) groups is 3. The van der Waals surface area contributed by atoms with Crippen LogP contribution >= 0.6 is 0 Å². The molecule has 16 heteroatoms. The summed E-state index contributed by atoms with van der Waals surface area (Å²) in [5.41, 5.74) is 4.77. The van der Waals surface area contributed by atoms with E-state index in [1.165, 1.54) is 57.1 Å². The molecule has 9 heterocycles. The molecule has 6 fully saturated rings. The first-order valence-corrected chi connectivity index (χ1v) is 27.7. The number of hydrogen-bond donors (Lipinski definition) is 2. The summed E-state index contributed by atoms with van der Waals surface area (Å²) in [6.45, 7) is 12.7. The van der Waals surface area contributed by atoms with Crippen LogP contribution in [0.5, 0.6) is 11.8 Å². The number of imide groups is 1. The summed E-state index contributed by atoms with van der Waals surface area (Å²) in [4.78, 5) is 65.9. The lowest BCUT2D eigenvalue weighted by atomic mass is 9.82. The standard InChI is InChI=1S/C58H71FN10O5/c1-3-39-6-4-7-40-29-43(70)30-45(51(39)40)53-52(59)54-46(31-60-53)55(68-33-41-10-11-42(34-68)61-41)63-58(62-54)74-27-26-65-20-14-36(15-21-65)28-37-16-22-66(23-17-37)32-38-18-24-67(25-19-38)48-9-5-8-44-47(48)35-69(56(44)72)49-12-13-50(71)64(2)57(49)73/h4-9,29-31,36-38,41-42,49,61,70H,3,10-28,32-35H2,1-2H3. The number of nitrogens with one attached hydrogen (secondary N) is 1. The maximum Gasteiger partial charge on any atom is 0.319 e. The molecule has 0 spiro atoms. The monoisotopic (exact) mass is 1010 g/mol. The molecule has 7 aliphatic heterocycles. The van der Waals surface area contributed by atoms with Crippen molar-refractivity contribution >= 4 is 50.9 Å². The van der Waals surface area contributed by atoms with E-state index in [0.717, 1.165) is 124 Å². The molecule has 74 heavy (non-hydrogen) atoms. The largest absolute Gasteiger partial charge is 0.508 e. The second-order valence-electron chi connectivity index (χ2n) is 22.5. The van der Waals surface area contributed by atoms with Crippen LogP contribution in [0.2, 0.25) is 0 Å². The van der Waals surface area contributed by atoms with Crippen LogP contribution in [0.15, 0.2) is 54.7 Å². The number of likely N-dealkylation sites (N-methyl/N-ethyl adjacent to an activating group) is 1. The van der Waals surface area contributed by atoms with Crippen molar-refractivity contribution in [1.29, 1.82) is 0 Å². The number of ether oxygens (including phenoxy) is 1. The number of carbonyl (C=O) groups excluding carboxylic acids is 3. The molecule has 12 rings (SSSR count). The molecular weight excluding hydrogens is 936 g/mol. The number of anilines is 2. The predicted molar refractivity (Wildman–Crippen MR) is 284 cm³/mol. The van der Waals surface area contributed by atoms with E-state index in [-0.39, 0.29) is 47.1 Å². The smallest absolute Gasteiger partial charge is 0.319 e. The zero-order valence-electron chi connectivity index (χ0n) is 43.1. The average molecular weight is 1010 g/mol. The number of nitrogens with zero attached hydrogens (tertiary/aromatic N) is 9. The Morgan fingerprint density at radius 3 is 2.26 bits per heavy atom. The minimum atomic E-state index is -0.586. The van der Waals surface area contributed by atoms with Gasteiger partial charge in [-0.15, -0.1) is 0 Å². The van der Waals surface area contributed by atoms with Crippen LogP contribution in [0, 0.1) is 23.6 Å². The van der Waals surface area contributed by atoms with Gasteiger partial charge < -0.3 is 34.8 Å². The van der Waals surface area contributed by atoms with E-state index >= 15 is 4.39 Å². The number of fused-ring (bicyclic) bond motifs is 5. The molecular formula is C58H71FN10O5. The van der Waals surface area contributed by atoms with Crippen LogP contribution in [0.1, 0.15) is 99.0 Å². The zero-order valence-corrected chi connectivity index (χ0v) is 43.1. The Labute approximate surface area is 433 Å². The highest BCUT2D eigenvalue weighted by Gasteiger charge is 2.43. The molecule has 5 aromatic rings. The van der Waals surface area contributed by atoms with Gasteiger partial charge in [0.25, 0.3) is 11.8 Å². The number of piperazine rings is 1. The van der Waals surface area contributed by atoms with Gasteiger partial charge in [0.2, 0.25) is 5.91 Å². The summed E-state index contributed by atoms with van der Waals surface area (Å²) in [5, 5.41) is 16.7. The number of benzene rings is 3. The van der Waals surface area contributed by atoms with Crippen LogP contribution in [-0.2, 0) is 22.6 Å². The highest BCUT2D eigenvalue weighted by molar-refractivity contribution is 6.06. The van der Waals surface area contributed by atoms with Gasteiger partial charge in [-0.05, 0) is 155 Å². The minimum Gasteiger partial charge on any atom is -0.508 e. The van der Waals surface area contributed by atoms with Crippen LogP contribution in [0.4, 0.5) is 15.9 Å². The molecule has 3 atom stereocenters. The van der Waals surface area contributed by atoms with Gasteiger partial charge in [0.05, 0.1) is 5.39 Å². The van der Waals surface area contributed by atoms with Gasteiger partial charge in [-0.2, -0.15) is 9.97 Å². The van der Waals surface area contributed by atoms with Crippen molar-refractivity contribution in [3.05, 3.63) is 77.2 Å². The number of likely N-dealkylation sites (tertiary alicyclic amines) is 3. The molecule has 3 unspecified atom stereocenters. The van der Waals surface area contributed by atoms with Gasteiger partial charge >= 0.3 is 6.01 Å². The fourth-order valence-electron chi connectivity index (χ4n) is 13.8. The van der Waals surface area contributed by atoms with Crippen molar-refractivity contribution in [3.8, 4) is 23.0 Å². The van der Waals surface area contributed by atoms with Gasteiger partial charge in [0.1, 0.15) is 35.4 Å². The fraction of sp³-hybridized carbons (Fsp3) is 0.552. The molecule has 2 bridgehead atoms. The molecule has 15 nitrogen and oxygen atoms in total. The number of phenolic OH excluding ortho intramolecular Hbond substituents is 1. The summed E-state index contributed by atoms with van der Waals surface area (Å²) in [6.07, 6.45) is 13.8. The van der Waals surface area contributed by atoms with E-state index in [1.807, 2.05) is 30.3 Å². The normalized spacial score (nSPS) is 23.8. The fourth-order valence-corrected chi connectivity index (χ4v) is 13.8. The van der Waals surface area contributed by atoms with Crippen molar-refractivity contribution in [2.45, 2.75) is 109 Å². The summed E-state index contributed by atoms with van der Waals surface area (Å²) in [5.74, 6) is 1.80. The SMILES string of the molecule is CCc1cccc2cc(O)cc(-c3ncc4c(N5CC6CCC(C5)N6)nc(OCCN5CCC(CC6CCN(CC7CCN(c8cccc9c8CN(C8CCC(=O)N(C)C8=O)C9=O)CC7)CC6)CC5)nc4c3F)c12. The molecule has 390 valence electrons. The van der Waals surface area contributed by atoms with E-state index in [1.54, 1.807) is 23.2 Å². The van der Waals surface area contributed by atoms with E-state index in [2.05, 4.69) is 37.9 Å². The summed E-state index contributed by atoms with van der Waals surface area (Å²) in [6, 6.07) is 15.6. The maximum absolute atomic E-state index is 17.1.